The predicted octanol–water partition coefficient (Wildman–Crippen LogP) is 5.49. The molecule has 0 amide bonds. The third-order valence-electron chi connectivity index (χ3n) is 3.20. The van der Waals surface area contributed by atoms with Crippen molar-refractivity contribution in [2.75, 3.05) is 12.3 Å². The van der Waals surface area contributed by atoms with Crippen molar-refractivity contribution in [1.29, 1.82) is 0 Å². The van der Waals surface area contributed by atoms with Crippen LogP contribution in [0.3, 0.4) is 0 Å². The van der Waals surface area contributed by atoms with E-state index in [-0.39, 0.29) is 0 Å². The Morgan fingerprint density at radius 2 is 1.12 bits per heavy atom. The van der Waals surface area contributed by atoms with Gasteiger partial charge in [0.1, 0.15) is 0 Å². The van der Waals surface area contributed by atoms with Crippen molar-refractivity contribution in [2.24, 2.45) is 0 Å². The van der Waals surface area contributed by atoms with Crippen LogP contribution in [-0.2, 0) is 4.57 Å². The van der Waals surface area contributed by atoms with Crippen LogP contribution in [0.5, 0.6) is 0 Å². The summed E-state index contributed by atoms with van der Waals surface area (Å²) in [5, 5.41) is 0. The van der Waals surface area contributed by atoms with Gasteiger partial charge >= 0.3 is 0 Å². The van der Waals surface area contributed by atoms with E-state index >= 15 is 0 Å². The molecule has 0 fully saturated rings. The highest BCUT2D eigenvalue weighted by molar-refractivity contribution is 7.44. The lowest BCUT2D eigenvalue weighted by Gasteiger charge is -2.02. The molecule has 2 heteroatoms. The maximum absolute atomic E-state index is 11.2. The fourth-order valence-corrected chi connectivity index (χ4v) is 2.98. The highest BCUT2D eigenvalue weighted by Gasteiger charge is 1.96. The molecule has 0 spiro atoms. The Bertz CT molecular complexity index is 157. The molecule has 0 aliphatic carbocycles. The van der Waals surface area contributed by atoms with Crippen molar-refractivity contribution >= 4 is 7.80 Å². The Kier molecular flexibility index (Phi) is 13.5. The van der Waals surface area contributed by atoms with Crippen LogP contribution in [0.15, 0.2) is 0 Å². The van der Waals surface area contributed by atoms with Crippen molar-refractivity contribution in [1.82, 2.24) is 0 Å². The van der Waals surface area contributed by atoms with Gasteiger partial charge in [0.15, 0.2) is 0 Å². The first kappa shape index (κ1) is 16.2. The molecule has 0 aliphatic heterocycles. The molecule has 0 saturated carbocycles. The molecule has 0 aliphatic rings. The summed E-state index contributed by atoms with van der Waals surface area (Å²) in [6, 6.07) is 0. The van der Waals surface area contributed by atoms with Crippen LogP contribution in [-0.4, -0.2) is 12.3 Å². The third-order valence-corrected chi connectivity index (χ3v) is 4.90. The molecule has 0 N–H and O–H groups in total. The van der Waals surface area contributed by atoms with Crippen molar-refractivity contribution in [3.63, 3.8) is 0 Å². The number of hydrogen-bond acceptors (Lipinski definition) is 1. The van der Waals surface area contributed by atoms with Crippen molar-refractivity contribution in [3.8, 4) is 0 Å². The van der Waals surface area contributed by atoms with Crippen LogP contribution in [0, 0.1) is 0 Å². The summed E-state index contributed by atoms with van der Waals surface area (Å²) in [6.07, 6.45) is 15.6. The van der Waals surface area contributed by atoms with Crippen LogP contribution in [0.1, 0.15) is 78.1 Å². The van der Waals surface area contributed by atoms with Gasteiger partial charge in [-0.25, -0.2) is 0 Å². The van der Waals surface area contributed by atoms with E-state index in [0.29, 0.717) is 0 Å². The fraction of sp³-hybridized carbons (Fsp3) is 1.00. The normalized spacial score (nSPS) is 12.9. The fourth-order valence-electron chi connectivity index (χ4n) is 1.99. The summed E-state index contributed by atoms with van der Waals surface area (Å²) in [5.74, 6) is 0. The van der Waals surface area contributed by atoms with E-state index in [1.165, 1.54) is 64.2 Å². The van der Waals surface area contributed by atoms with Crippen LogP contribution >= 0.6 is 7.80 Å². The average Bonchev–Trinajstić information content (AvgIpc) is 2.31. The lowest BCUT2D eigenvalue weighted by molar-refractivity contribution is 0.559. The molecular weight excluding hydrogens is 215 g/mol. The second kappa shape index (κ2) is 13.3. The number of hydrogen-bond donors (Lipinski definition) is 0. The van der Waals surface area contributed by atoms with E-state index in [9.17, 15) is 4.57 Å². The zero-order valence-corrected chi connectivity index (χ0v) is 12.4. The van der Waals surface area contributed by atoms with Crippen molar-refractivity contribution < 1.29 is 4.57 Å². The summed E-state index contributed by atoms with van der Waals surface area (Å²) >= 11 is 0. The monoisotopic (exact) mass is 246 g/mol. The number of rotatable bonds is 12. The molecule has 0 rings (SSSR count). The molecule has 16 heavy (non-hydrogen) atoms. The van der Waals surface area contributed by atoms with Gasteiger partial charge in [-0.2, -0.15) is 0 Å². The molecule has 0 aromatic rings. The predicted molar refractivity (Wildman–Crippen MR) is 76.3 cm³/mol. The molecular formula is C14H31OP. The van der Waals surface area contributed by atoms with Gasteiger partial charge < -0.3 is 4.57 Å². The topological polar surface area (TPSA) is 17.1 Å². The van der Waals surface area contributed by atoms with Crippen LogP contribution in [0.4, 0.5) is 0 Å². The maximum atomic E-state index is 11.2. The second-order valence-electron chi connectivity index (χ2n) is 4.82. The third kappa shape index (κ3) is 12.3. The minimum atomic E-state index is -1.19. The summed E-state index contributed by atoms with van der Waals surface area (Å²) < 4.78 is 11.2. The molecule has 1 unspecified atom stereocenters. The molecule has 1 nitrogen and oxygen atoms in total. The summed E-state index contributed by atoms with van der Waals surface area (Å²) in [5.41, 5.74) is 0. The Hall–Kier alpha value is 0.230. The van der Waals surface area contributed by atoms with Gasteiger partial charge in [-0.1, -0.05) is 71.6 Å². The standard InChI is InChI=1S/C14H31OP/c1-3-5-6-7-8-9-10-11-12-13-14-16(15)4-2/h16H,3-14H2,1-2H3. The zero-order valence-electron chi connectivity index (χ0n) is 11.4. The van der Waals surface area contributed by atoms with E-state index in [2.05, 4.69) is 6.92 Å². The van der Waals surface area contributed by atoms with Gasteiger partial charge in [-0.15, -0.1) is 0 Å². The van der Waals surface area contributed by atoms with Gasteiger partial charge in [0.05, 0.1) is 7.80 Å². The molecule has 0 aromatic heterocycles. The van der Waals surface area contributed by atoms with Crippen molar-refractivity contribution in [2.45, 2.75) is 78.1 Å². The Balaban J connectivity index is 2.96. The van der Waals surface area contributed by atoms with Gasteiger partial charge in [-0.05, 0) is 18.7 Å². The SMILES string of the molecule is CCCCCCCCCCCC[PH](=O)CC. The smallest absolute Gasteiger partial charge is 0.0759 e. The average molecular weight is 246 g/mol. The van der Waals surface area contributed by atoms with Gasteiger partial charge in [0.2, 0.25) is 0 Å². The molecule has 0 bridgehead atoms. The minimum absolute atomic E-state index is 0.905. The minimum Gasteiger partial charge on any atom is -0.327 e. The molecule has 1 atom stereocenters. The van der Waals surface area contributed by atoms with Crippen LogP contribution in [0.25, 0.3) is 0 Å². The summed E-state index contributed by atoms with van der Waals surface area (Å²) in [6.45, 7) is 4.31. The second-order valence-corrected chi connectivity index (χ2v) is 7.11. The maximum Gasteiger partial charge on any atom is 0.0759 e. The lowest BCUT2D eigenvalue weighted by Crippen LogP contribution is -1.84. The Labute approximate surface area is 103 Å². The van der Waals surface area contributed by atoms with Crippen molar-refractivity contribution in [3.05, 3.63) is 0 Å². The van der Waals surface area contributed by atoms with Gasteiger partial charge in [0, 0.05) is 0 Å². The van der Waals surface area contributed by atoms with Gasteiger partial charge in [0.25, 0.3) is 0 Å². The van der Waals surface area contributed by atoms with Gasteiger partial charge in [-0.3, -0.25) is 0 Å². The lowest BCUT2D eigenvalue weighted by atomic mass is 10.1. The van der Waals surface area contributed by atoms with Crippen LogP contribution in [0.2, 0.25) is 0 Å². The molecule has 0 heterocycles. The van der Waals surface area contributed by atoms with E-state index < -0.39 is 7.80 Å². The van der Waals surface area contributed by atoms with E-state index in [1.54, 1.807) is 0 Å². The number of unbranched alkanes of at least 4 members (excludes halogenated alkanes) is 9. The largest absolute Gasteiger partial charge is 0.327 e. The summed E-state index contributed by atoms with van der Waals surface area (Å²) in [4.78, 5) is 0. The first-order chi connectivity index (χ1) is 7.81. The van der Waals surface area contributed by atoms with E-state index in [1.807, 2.05) is 6.92 Å². The van der Waals surface area contributed by atoms with Crippen LogP contribution < -0.4 is 0 Å². The molecule has 0 saturated heterocycles. The summed E-state index contributed by atoms with van der Waals surface area (Å²) in [7, 11) is -1.19. The quantitative estimate of drug-likeness (QED) is 0.329. The Morgan fingerprint density at radius 1 is 0.688 bits per heavy atom. The first-order valence-corrected chi connectivity index (χ1v) is 9.15. The van der Waals surface area contributed by atoms with E-state index in [4.69, 9.17) is 0 Å². The molecule has 0 radical (unpaired) electrons. The highest BCUT2D eigenvalue weighted by atomic mass is 31.1. The first-order valence-electron chi connectivity index (χ1n) is 7.33. The van der Waals surface area contributed by atoms with E-state index in [0.717, 1.165) is 12.3 Å². The molecule has 98 valence electrons. The molecule has 0 aromatic carbocycles. The Morgan fingerprint density at radius 3 is 1.56 bits per heavy atom. The zero-order chi connectivity index (χ0) is 12.1. The highest BCUT2D eigenvalue weighted by Crippen LogP contribution is 2.21.